The van der Waals surface area contributed by atoms with Crippen molar-refractivity contribution in [2.45, 2.75) is 38.8 Å². The number of amides is 1. The first-order valence-electron chi connectivity index (χ1n) is 11.1. The van der Waals surface area contributed by atoms with Gasteiger partial charge in [-0.25, -0.2) is 8.42 Å². The number of nitrogens with two attached hydrogens (primary N) is 1. The van der Waals surface area contributed by atoms with E-state index in [2.05, 4.69) is 32.2 Å². The van der Waals surface area contributed by atoms with Gasteiger partial charge in [-0.15, -0.1) is 0 Å². The second kappa shape index (κ2) is 10.2. The van der Waals surface area contributed by atoms with Gasteiger partial charge in [0.25, 0.3) is 0 Å². The Morgan fingerprint density at radius 2 is 1.97 bits per heavy atom. The van der Waals surface area contributed by atoms with Crippen LogP contribution in [0.15, 0.2) is 18.2 Å². The van der Waals surface area contributed by atoms with Crippen LogP contribution in [0.4, 0.5) is 0 Å². The molecule has 0 atom stereocenters. The summed E-state index contributed by atoms with van der Waals surface area (Å²) in [4.78, 5) is 13.8. The fourth-order valence-electron chi connectivity index (χ4n) is 4.69. The van der Waals surface area contributed by atoms with Crippen LogP contribution in [0.3, 0.4) is 0 Å². The summed E-state index contributed by atoms with van der Waals surface area (Å²) in [5.74, 6) is -0.188. The second-order valence-electron chi connectivity index (χ2n) is 8.84. The smallest absolute Gasteiger partial charge is 0.220 e. The average Bonchev–Trinajstić information content (AvgIpc) is 3.13. The number of aromatic nitrogens is 2. The highest BCUT2D eigenvalue weighted by Gasteiger charge is 2.30. The van der Waals surface area contributed by atoms with Crippen molar-refractivity contribution in [1.29, 1.82) is 0 Å². The first-order valence-corrected chi connectivity index (χ1v) is 14.4. The Balaban J connectivity index is 1.52. The molecule has 1 amide bonds. The molecule has 2 aromatic rings. The summed E-state index contributed by atoms with van der Waals surface area (Å²) < 4.78 is 28.9. The molecule has 0 bridgehead atoms. The van der Waals surface area contributed by atoms with E-state index in [9.17, 15) is 13.2 Å². The fourth-order valence-corrected chi connectivity index (χ4v) is 6.11. The number of hydrogen-bond donors (Lipinski definition) is 1. The van der Waals surface area contributed by atoms with Crippen molar-refractivity contribution in [1.82, 2.24) is 19.0 Å². The number of hydrogen-bond acceptors (Lipinski definition) is 5. The molecule has 33 heavy (non-hydrogen) atoms. The molecule has 0 unspecified atom stereocenters. The minimum atomic E-state index is -3.28. The van der Waals surface area contributed by atoms with Crippen molar-refractivity contribution in [3.63, 3.8) is 0 Å². The lowest BCUT2D eigenvalue weighted by Crippen LogP contribution is -2.39. The van der Waals surface area contributed by atoms with Crippen molar-refractivity contribution in [2.75, 3.05) is 32.4 Å². The van der Waals surface area contributed by atoms with Gasteiger partial charge in [-0.2, -0.15) is 9.40 Å². The van der Waals surface area contributed by atoms with E-state index in [1.165, 1.54) is 10.6 Å². The highest BCUT2D eigenvalue weighted by Crippen LogP contribution is 2.33. The van der Waals surface area contributed by atoms with Gasteiger partial charge in [0.1, 0.15) is 0 Å². The van der Waals surface area contributed by atoms with Crippen molar-refractivity contribution in [3.05, 3.63) is 38.0 Å². The van der Waals surface area contributed by atoms with Crippen molar-refractivity contribution in [3.8, 4) is 11.3 Å². The molecule has 4 rings (SSSR count). The molecule has 1 fully saturated rings. The van der Waals surface area contributed by atoms with E-state index in [0.29, 0.717) is 24.5 Å². The number of nitrogens with zero attached hydrogens (tertiary/aromatic N) is 4. The van der Waals surface area contributed by atoms with Crippen LogP contribution in [0.5, 0.6) is 0 Å². The fraction of sp³-hybridized carbons (Fsp3) is 0.545. The van der Waals surface area contributed by atoms with Gasteiger partial charge in [0.2, 0.25) is 15.9 Å². The Bertz CT molecular complexity index is 1150. The van der Waals surface area contributed by atoms with E-state index in [0.717, 1.165) is 71.5 Å². The lowest BCUT2D eigenvalue weighted by molar-refractivity contribution is -0.123. The van der Waals surface area contributed by atoms with E-state index >= 15 is 0 Å². The van der Waals surface area contributed by atoms with Crippen LogP contribution in [-0.2, 0) is 34.3 Å². The average molecular weight is 606 g/mol. The second-order valence-corrected chi connectivity index (χ2v) is 12.4. The molecular formula is C22H29ClIN5O3S. The van der Waals surface area contributed by atoms with E-state index in [-0.39, 0.29) is 11.8 Å². The minimum absolute atomic E-state index is 0.00176. The summed E-state index contributed by atoms with van der Waals surface area (Å²) in [5, 5.41) is 5.62. The summed E-state index contributed by atoms with van der Waals surface area (Å²) in [6.45, 7) is 4.29. The summed E-state index contributed by atoms with van der Waals surface area (Å²) >= 11 is 8.42. The number of halogens is 2. The molecule has 2 aliphatic rings. The highest BCUT2D eigenvalue weighted by molar-refractivity contribution is 14.1. The maximum Gasteiger partial charge on any atom is 0.220 e. The molecule has 1 saturated heterocycles. The van der Waals surface area contributed by atoms with E-state index in [1.807, 2.05) is 18.2 Å². The molecule has 0 radical (unpaired) electrons. The Labute approximate surface area is 213 Å². The summed E-state index contributed by atoms with van der Waals surface area (Å²) in [6, 6.07) is 5.80. The molecule has 3 heterocycles. The molecule has 0 spiro atoms. The number of sulfonamides is 1. The Morgan fingerprint density at radius 1 is 1.24 bits per heavy atom. The number of fused-ring (bicyclic) bond motifs is 1. The van der Waals surface area contributed by atoms with Crippen LogP contribution in [0.25, 0.3) is 11.3 Å². The third kappa shape index (κ3) is 5.72. The van der Waals surface area contributed by atoms with Crippen LogP contribution < -0.4 is 5.73 Å². The van der Waals surface area contributed by atoms with Gasteiger partial charge in [0.05, 0.1) is 17.0 Å². The molecule has 1 aromatic carbocycles. The Hall–Kier alpha value is -1.21. The van der Waals surface area contributed by atoms with Gasteiger partial charge in [-0.1, -0.05) is 17.7 Å². The van der Waals surface area contributed by atoms with Gasteiger partial charge in [0.15, 0.2) is 0 Å². The predicted molar refractivity (Wildman–Crippen MR) is 137 cm³/mol. The molecule has 0 aliphatic carbocycles. The lowest BCUT2D eigenvalue weighted by Gasteiger charge is -2.30. The van der Waals surface area contributed by atoms with E-state index in [4.69, 9.17) is 22.4 Å². The molecule has 2 aliphatic heterocycles. The van der Waals surface area contributed by atoms with Crippen LogP contribution in [-0.4, -0.2) is 65.7 Å². The number of primary amides is 1. The number of likely N-dealkylation sites (tertiary alicyclic amines) is 1. The standard InChI is InChI=1S/C22H29ClIN5O3S/c1-33(31,32)28-12-7-20-17(14-28)21(16-3-4-18(23)19(24)13-16)26-29(20)9-2-8-27-10-5-15(6-11-27)22(25)30/h3-4,13,15H,2,5-12,14H2,1H3,(H2,25,30). The number of piperidine rings is 1. The van der Waals surface area contributed by atoms with E-state index in [1.54, 1.807) is 0 Å². The van der Waals surface area contributed by atoms with Gasteiger partial charge in [-0.3, -0.25) is 9.48 Å². The third-order valence-corrected chi connectivity index (χ3v) is 9.39. The third-order valence-electron chi connectivity index (χ3n) is 6.60. The summed E-state index contributed by atoms with van der Waals surface area (Å²) in [5.41, 5.74) is 9.31. The Kier molecular flexibility index (Phi) is 7.69. The molecule has 0 saturated carbocycles. The van der Waals surface area contributed by atoms with Gasteiger partial charge < -0.3 is 10.6 Å². The summed E-state index contributed by atoms with van der Waals surface area (Å²) in [7, 11) is -3.28. The predicted octanol–water partition coefficient (Wildman–Crippen LogP) is 2.71. The van der Waals surface area contributed by atoms with Crippen molar-refractivity contribution in [2.24, 2.45) is 11.7 Å². The summed E-state index contributed by atoms with van der Waals surface area (Å²) in [6.07, 6.45) is 4.49. The number of aryl methyl sites for hydroxylation is 1. The van der Waals surface area contributed by atoms with Crippen LogP contribution in [0.1, 0.15) is 30.5 Å². The topological polar surface area (TPSA) is 102 Å². The Morgan fingerprint density at radius 3 is 2.61 bits per heavy atom. The molecule has 2 N–H and O–H groups in total. The number of rotatable bonds is 7. The lowest BCUT2D eigenvalue weighted by atomic mass is 9.96. The monoisotopic (exact) mass is 605 g/mol. The normalized spacial score (nSPS) is 18.4. The number of benzene rings is 1. The zero-order valence-electron chi connectivity index (χ0n) is 18.6. The first kappa shape index (κ1) is 24.9. The van der Waals surface area contributed by atoms with Crippen molar-refractivity contribution < 1.29 is 13.2 Å². The number of carbonyl (C=O) groups excluding carboxylic acids is 1. The van der Waals surface area contributed by atoms with E-state index < -0.39 is 10.0 Å². The van der Waals surface area contributed by atoms with Gasteiger partial charge in [0, 0.05) is 52.4 Å². The van der Waals surface area contributed by atoms with Gasteiger partial charge >= 0.3 is 0 Å². The van der Waals surface area contributed by atoms with Crippen LogP contribution >= 0.6 is 34.2 Å². The molecule has 1 aromatic heterocycles. The van der Waals surface area contributed by atoms with Crippen molar-refractivity contribution >= 4 is 50.1 Å². The zero-order chi connectivity index (χ0) is 23.8. The van der Waals surface area contributed by atoms with Crippen LogP contribution in [0.2, 0.25) is 5.02 Å². The molecular weight excluding hydrogens is 577 g/mol. The quantitative estimate of drug-likeness (QED) is 0.489. The first-order chi connectivity index (χ1) is 15.6. The minimum Gasteiger partial charge on any atom is -0.369 e. The zero-order valence-corrected chi connectivity index (χ0v) is 22.4. The SMILES string of the molecule is CS(=O)(=O)N1CCc2c(c(-c3ccc(Cl)c(I)c3)nn2CCCN2CCC(C(N)=O)CC2)C1. The van der Waals surface area contributed by atoms with Gasteiger partial charge in [-0.05, 0) is 73.6 Å². The highest BCUT2D eigenvalue weighted by atomic mass is 127. The molecule has 8 nitrogen and oxygen atoms in total. The van der Waals surface area contributed by atoms with Crippen LogP contribution in [0, 0.1) is 9.49 Å². The molecule has 11 heteroatoms. The maximum atomic E-state index is 12.2. The largest absolute Gasteiger partial charge is 0.369 e. The maximum absolute atomic E-state index is 12.2. The molecule has 180 valence electrons. The number of carbonyl (C=O) groups is 1.